The topological polar surface area (TPSA) is 83.9 Å². The SMILES string of the molecule is CC(C)C[C@H]1C(=O)C(C2=Nc3ccccc3S(=O)(=O)C2)C(=O)N1Cc1ccc(F)cc1. The van der Waals surface area contributed by atoms with Gasteiger partial charge in [0.1, 0.15) is 11.7 Å². The molecule has 8 heteroatoms. The van der Waals surface area contributed by atoms with Crippen LogP contribution in [0.1, 0.15) is 25.8 Å². The van der Waals surface area contributed by atoms with Gasteiger partial charge in [0, 0.05) is 6.54 Å². The Morgan fingerprint density at radius 1 is 1.10 bits per heavy atom. The van der Waals surface area contributed by atoms with Crippen LogP contribution in [0.15, 0.2) is 58.4 Å². The van der Waals surface area contributed by atoms with Gasteiger partial charge >= 0.3 is 0 Å². The third kappa shape index (κ3) is 4.04. The molecule has 0 aliphatic carbocycles. The monoisotopic (exact) mass is 442 g/mol. The van der Waals surface area contributed by atoms with E-state index in [0.29, 0.717) is 12.0 Å². The Hall–Kier alpha value is -2.87. The number of halogens is 1. The van der Waals surface area contributed by atoms with Gasteiger partial charge < -0.3 is 4.90 Å². The van der Waals surface area contributed by atoms with Crippen molar-refractivity contribution < 1.29 is 22.4 Å². The molecule has 0 N–H and O–H groups in total. The Kier molecular flexibility index (Phi) is 5.51. The molecule has 0 bridgehead atoms. The molecule has 2 aromatic rings. The minimum absolute atomic E-state index is 0.0732. The van der Waals surface area contributed by atoms with Gasteiger partial charge in [-0.3, -0.25) is 14.6 Å². The van der Waals surface area contributed by atoms with Crippen LogP contribution in [0, 0.1) is 17.7 Å². The van der Waals surface area contributed by atoms with E-state index in [1.54, 1.807) is 30.3 Å². The molecule has 6 nitrogen and oxygen atoms in total. The molecule has 0 saturated carbocycles. The molecule has 0 spiro atoms. The second-order valence-electron chi connectivity index (χ2n) is 8.40. The van der Waals surface area contributed by atoms with Crippen molar-refractivity contribution in [2.24, 2.45) is 16.8 Å². The molecule has 0 aromatic heterocycles. The smallest absolute Gasteiger partial charge is 0.239 e. The summed E-state index contributed by atoms with van der Waals surface area (Å²) in [6, 6.07) is 11.4. The first kappa shape index (κ1) is 21.4. The second kappa shape index (κ2) is 8.00. The van der Waals surface area contributed by atoms with Gasteiger partial charge in [-0.2, -0.15) is 0 Å². The summed E-state index contributed by atoms with van der Waals surface area (Å²) < 4.78 is 38.8. The summed E-state index contributed by atoms with van der Waals surface area (Å²) in [5.74, 6) is -2.68. The van der Waals surface area contributed by atoms with E-state index < -0.39 is 33.5 Å². The van der Waals surface area contributed by atoms with Crippen molar-refractivity contribution in [3.63, 3.8) is 0 Å². The van der Waals surface area contributed by atoms with Crippen LogP contribution in [-0.4, -0.2) is 42.5 Å². The fraction of sp³-hybridized carbons (Fsp3) is 0.348. The highest BCUT2D eigenvalue weighted by Crippen LogP contribution is 2.35. The molecule has 1 saturated heterocycles. The first-order chi connectivity index (χ1) is 14.7. The number of hydrogen-bond acceptors (Lipinski definition) is 5. The molecule has 4 rings (SSSR count). The highest BCUT2D eigenvalue weighted by molar-refractivity contribution is 7.92. The minimum Gasteiger partial charge on any atom is -0.327 e. The van der Waals surface area contributed by atoms with Gasteiger partial charge in [0.05, 0.1) is 28.1 Å². The van der Waals surface area contributed by atoms with Gasteiger partial charge in [0.25, 0.3) is 0 Å². The zero-order valence-corrected chi connectivity index (χ0v) is 18.1. The standard InChI is InChI=1S/C23H23FN2O4S/c1-14(2)11-19-22(27)21(23(28)26(19)12-15-7-9-16(24)10-8-15)18-13-31(29,30)20-6-4-3-5-17(20)25-18/h3-10,14,19,21H,11-13H2,1-2H3/t19-,21?/m0/s1. The zero-order chi connectivity index (χ0) is 22.3. The average molecular weight is 443 g/mol. The highest BCUT2D eigenvalue weighted by atomic mass is 32.2. The number of benzene rings is 2. The maximum absolute atomic E-state index is 13.4. The minimum atomic E-state index is -3.69. The first-order valence-corrected chi connectivity index (χ1v) is 11.8. The summed E-state index contributed by atoms with van der Waals surface area (Å²) in [5, 5.41) is 0. The van der Waals surface area contributed by atoms with Crippen molar-refractivity contribution in [2.75, 3.05) is 5.75 Å². The van der Waals surface area contributed by atoms with Crippen LogP contribution in [-0.2, 0) is 26.0 Å². The van der Waals surface area contributed by atoms with Crippen molar-refractivity contribution >= 4 is 32.9 Å². The van der Waals surface area contributed by atoms with E-state index in [4.69, 9.17) is 0 Å². The van der Waals surface area contributed by atoms with Gasteiger partial charge in [0.2, 0.25) is 5.91 Å². The largest absolute Gasteiger partial charge is 0.327 e. The lowest BCUT2D eigenvalue weighted by molar-refractivity contribution is -0.131. The average Bonchev–Trinajstić information content (AvgIpc) is 2.92. The Balaban J connectivity index is 1.72. The van der Waals surface area contributed by atoms with Gasteiger partial charge in [-0.25, -0.2) is 12.8 Å². The first-order valence-electron chi connectivity index (χ1n) is 10.2. The summed E-state index contributed by atoms with van der Waals surface area (Å²) >= 11 is 0. The molecule has 2 heterocycles. The molecule has 162 valence electrons. The van der Waals surface area contributed by atoms with Crippen molar-refractivity contribution in [1.82, 2.24) is 4.90 Å². The number of likely N-dealkylation sites (tertiary alicyclic amines) is 1. The number of fused-ring (bicyclic) bond motifs is 1. The summed E-state index contributed by atoms with van der Waals surface area (Å²) in [4.78, 5) is 32.7. The molecule has 2 aliphatic rings. The van der Waals surface area contributed by atoms with Crippen molar-refractivity contribution in [3.05, 3.63) is 59.9 Å². The van der Waals surface area contributed by atoms with E-state index >= 15 is 0 Å². The Morgan fingerprint density at radius 3 is 2.45 bits per heavy atom. The van der Waals surface area contributed by atoms with Crippen LogP contribution < -0.4 is 0 Å². The molecular formula is C23H23FN2O4S. The fourth-order valence-electron chi connectivity index (χ4n) is 4.18. The second-order valence-corrected chi connectivity index (χ2v) is 10.4. The molecular weight excluding hydrogens is 419 g/mol. The van der Waals surface area contributed by atoms with E-state index in [0.717, 1.165) is 0 Å². The molecule has 1 amide bonds. The normalized spacial score (nSPS) is 22.6. The number of aliphatic imine (C=N–C) groups is 1. The Bertz CT molecular complexity index is 1170. The fourth-order valence-corrected chi connectivity index (χ4v) is 5.67. The van der Waals surface area contributed by atoms with Gasteiger partial charge in [0.15, 0.2) is 15.6 Å². The molecule has 31 heavy (non-hydrogen) atoms. The summed E-state index contributed by atoms with van der Waals surface area (Å²) in [6.45, 7) is 4.06. The van der Waals surface area contributed by atoms with Crippen LogP contribution >= 0.6 is 0 Å². The number of rotatable bonds is 5. The van der Waals surface area contributed by atoms with E-state index in [1.165, 1.54) is 23.1 Å². The van der Waals surface area contributed by atoms with Crippen molar-refractivity contribution in [3.8, 4) is 0 Å². The van der Waals surface area contributed by atoms with Gasteiger partial charge in [-0.05, 0) is 42.2 Å². The highest BCUT2D eigenvalue weighted by Gasteiger charge is 2.50. The van der Waals surface area contributed by atoms with Crippen LogP contribution in [0.25, 0.3) is 0 Å². The van der Waals surface area contributed by atoms with Crippen molar-refractivity contribution in [1.29, 1.82) is 0 Å². The van der Waals surface area contributed by atoms with E-state index in [1.807, 2.05) is 13.8 Å². The summed E-state index contributed by atoms with van der Waals surface area (Å²) in [5.41, 5.74) is 1.02. The number of ketones is 1. The van der Waals surface area contributed by atoms with Crippen LogP contribution in [0.4, 0.5) is 10.1 Å². The van der Waals surface area contributed by atoms with Crippen LogP contribution in [0.2, 0.25) is 0 Å². The molecule has 2 atom stereocenters. The quantitative estimate of drug-likeness (QED) is 0.665. The maximum Gasteiger partial charge on any atom is 0.239 e. The number of carbonyl (C=O) groups excluding carboxylic acids is 2. The molecule has 0 radical (unpaired) electrons. The third-order valence-corrected chi connectivity index (χ3v) is 7.31. The molecule has 2 aromatic carbocycles. The van der Waals surface area contributed by atoms with E-state index in [2.05, 4.69) is 4.99 Å². The van der Waals surface area contributed by atoms with Gasteiger partial charge in [-0.1, -0.05) is 38.1 Å². The lowest BCUT2D eigenvalue weighted by Gasteiger charge is -2.25. The van der Waals surface area contributed by atoms with Crippen LogP contribution in [0.5, 0.6) is 0 Å². The number of nitrogens with zero attached hydrogens (tertiary/aromatic N) is 2. The Morgan fingerprint density at radius 2 is 1.77 bits per heavy atom. The van der Waals surface area contributed by atoms with E-state index in [9.17, 15) is 22.4 Å². The van der Waals surface area contributed by atoms with Crippen molar-refractivity contribution in [2.45, 2.75) is 37.8 Å². The predicted molar refractivity (Wildman–Crippen MR) is 114 cm³/mol. The molecule has 1 fully saturated rings. The third-order valence-electron chi connectivity index (χ3n) is 5.62. The number of Topliss-reactive ketones (excluding diaryl/α,β-unsaturated/α-hetero) is 1. The van der Waals surface area contributed by atoms with E-state index in [-0.39, 0.29) is 40.4 Å². The lowest BCUT2D eigenvalue weighted by atomic mass is 9.94. The van der Waals surface area contributed by atoms with Crippen LogP contribution in [0.3, 0.4) is 0 Å². The van der Waals surface area contributed by atoms with Gasteiger partial charge in [-0.15, -0.1) is 0 Å². The number of hydrogen-bond donors (Lipinski definition) is 0. The molecule has 1 unspecified atom stereocenters. The Labute approximate surface area is 180 Å². The molecule has 2 aliphatic heterocycles. The number of carbonyl (C=O) groups is 2. The maximum atomic E-state index is 13.4. The lowest BCUT2D eigenvalue weighted by Crippen LogP contribution is -2.36. The number of amides is 1. The zero-order valence-electron chi connectivity index (χ0n) is 17.3. The number of sulfone groups is 1. The summed E-state index contributed by atoms with van der Waals surface area (Å²) in [7, 11) is -3.69. The number of para-hydroxylation sites is 1. The predicted octanol–water partition coefficient (Wildman–Crippen LogP) is 3.33. The summed E-state index contributed by atoms with van der Waals surface area (Å²) in [6.07, 6.45) is 0.457.